The van der Waals surface area contributed by atoms with E-state index >= 15 is 0 Å². The fourth-order valence-corrected chi connectivity index (χ4v) is 1.53. The number of aromatic nitrogens is 2. The van der Waals surface area contributed by atoms with Crippen molar-refractivity contribution in [3.63, 3.8) is 0 Å². The second-order valence-electron chi connectivity index (χ2n) is 3.52. The Kier molecular flexibility index (Phi) is 2.70. The van der Waals surface area contributed by atoms with Crippen LogP contribution in [0.3, 0.4) is 0 Å². The zero-order valence-electron chi connectivity index (χ0n) is 9.03. The standard InChI is InChI=1S/C11H9N3O3/c1-13-7-9(8-2-4-12-5-3-8)6-10(11(13)15)14(16)17/h2-7H,1H3. The Morgan fingerprint density at radius 2 is 1.94 bits per heavy atom. The molecule has 0 N–H and O–H groups in total. The van der Waals surface area contributed by atoms with Gasteiger partial charge in [0.1, 0.15) is 0 Å². The van der Waals surface area contributed by atoms with Gasteiger partial charge in [0.25, 0.3) is 0 Å². The molecule has 0 amide bonds. The second-order valence-corrected chi connectivity index (χ2v) is 3.52. The van der Waals surface area contributed by atoms with E-state index in [1.165, 1.54) is 17.7 Å². The Morgan fingerprint density at radius 1 is 1.29 bits per heavy atom. The Morgan fingerprint density at radius 3 is 2.53 bits per heavy atom. The van der Waals surface area contributed by atoms with Crippen molar-refractivity contribution < 1.29 is 4.92 Å². The molecule has 0 aliphatic heterocycles. The minimum atomic E-state index is -0.674. The summed E-state index contributed by atoms with van der Waals surface area (Å²) in [5.74, 6) is 0. The van der Waals surface area contributed by atoms with Crippen LogP contribution in [0.25, 0.3) is 11.1 Å². The molecule has 0 aliphatic rings. The quantitative estimate of drug-likeness (QED) is 0.577. The summed E-state index contributed by atoms with van der Waals surface area (Å²) >= 11 is 0. The van der Waals surface area contributed by atoms with Crippen molar-refractivity contribution in [1.82, 2.24) is 9.55 Å². The summed E-state index contributed by atoms with van der Waals surface area (Å²) in [5.41, 5.74) is 0.342. The van der Waals surface area contributed by atoms with Gasteiger partial charge in [-0.3, -0.25) is 19.9 Å². The van der Waals surface area contributed by atoms with E-state index in [1.807, 2.05) is 0 Å². The van der Waals surface area contributed by atoms with E-state index < -0.39 is 16.2 Å². The molecular weight excluding hydrogens is 222 g/mol. The molecule has 17 heavy (non-hydrogen) atoms. The number of rotatable bonds is 2. The zero-order chi connectivity index (χ0) is 12.4. The van der Waals surface area contributed by atoms with E-state index in [0.717, 1.165) is 5.56 Å². The minimum absolute atomic E-state index is 0.429. The molecule has 2 aromatic heterocycles. The summed E-state index contributed by atoms with van der Waals surface area (Å²) in [4.78, 5) is 25.4. The smallest absolute Gasteiger partial charge is 0.312 e. The maximum atomic E-state index is 11.5. The van der Waals surface area contributed by atoms with Crippen LogP contribution < -0.4 is 5.56 Å². The SMILES string of the molecule is Cn1cc(-c2ccncc2)cc([N+](=O)[O-])c1=O. The third-order valence-corrected chi connectivity index (χ3v) is 2.37. The number of pyridine rings is 2. The highest BCUT2D eigenvalue weighted by Gasteiger charge is 2.15. The average molecular weight is 231 g/mol. The molecule has 0 radical (unpaired) electrons. The van der Waals surface area contributed by atoms with Gasteiger partial charge in [-0.1, -0.05) is 0 Å². The molecule has 0 fully saturated rings. The van der Waals surface area contributed by atoms with Crippen molar-refractivity contribution in [2.45, 2.75) is 0 Å². The molecule has 0 aliphatic carbocycles. The molecule has 2 aromatic rings. The highest BCUT2D eigenvalue weighted by Crippen LogP contribution is 2.20. The second kappa shape index (κ2) is 4.17. The minimum Gasteiger partial charge on any atom is -0.312 e. The first-order valence-corrected chi connectivity index (χ1v) is 4.85. The average Bonchev–Trinajstić information content (AvgIpc) is 2.33. The number of nitrogens with zero attached hydrogens (tertiary/aromatic N) is 3. The molecule has 0 bridgehead atoms. The van der Waals surface area contributed by atoms with E-state index in [1.54, 1.807) is 30.7 Å². The van der Waals surface area contributed by atoms with Gasteiger partial charge in [-0.2, -0.15) is 0 Å². The van der Waals surface area contributed by atoms with E-state index in [9.17, 15) is 14.9 Å². The number of nitro groups is 1. The summed E-state index contributed by atoms with van der Waals surface area (Å²) in [6.07, 6.45) is 4.74. The highest BCUT2D eigenvalue weighted by atomic mass is 16.6. The van der Waals surface area contributed by atoms with E-state index in [-0.39, 0.29) is 0 Å². The third kappa shape index (κ3) is 2.05. The molecule has 6 heteroatoms. The van der Waals surface area contributed by atoms with Crippen LogP contribution in [0.5, 0.6) is 0 Å². The van der Waals surface area contributed by atoms with Crippen molar-refractivity contribution in [2.24, 2.45) is 7.05 Å². The third-order valence-electron chi connectivity index (χ3n) is 2.37. The van der Waals surface area contributed by atoms with Crippen LogP contribution in [-0.4, -0.2) is 14.5 Å². The number of aryl methyl sites for hydroxylation is 1. The molecular formula is C11H9N3O3. The normalized spacial score (nSPS) is 10.2. The fourth-order valence-electron chi connectivity index (χ4n) is 1.53. The summed E-state index contributed by atoms with van der Waals surface area (Å²) in [6.45, 7) is 0. The Hall–Kier alpha value is -2.50. The topological polar surface area (TPSA) is 78.0 Å². The number of hydrogen-bond donors (Lipinski definition) is 0. The van der Waals surface area contributed by atoms with E-state index in [4.69, 9.17) is 0 Å². The van der Waals surface area contributed by atoms with Gasteiger partial charge in [-0.25, -0.2) is 0 Å². The predicted octanol–water partition coefficient (Wildman–Crippen LogP) is 1.36. The van der Waals surface area contributed by atoms with Gasteiger partial charge in [-0.15, -0.1) is 0 Å². The van der Waals surface area contributed by atoms with Crippen LogP contribution in [0, 0.1) is 10.1 Å². The molecule has 0 saturated heterocycles. The van der Waals surface area contributed by atoms with Crippen molar-refractivity contribution in [1.29, 1.82) is 0 Å². The van der Waals surface area contributed by atoms with Crippen molar-refractivity contribution in [2.75, 3.05) is 0 Å². The van der Waals surface area contributed by atoms with Crippen LogP contribution in [0.2, 0.25) is 0 Å². The summed E-state index contributed by atoms with van der Waals surface area (Å²) in [7, 11) is 1.49. The Labute approximate surface area is 96.3 Å². The molecule has 0 saturated carbocycles. The maximum absolute atomic E-state index is 11.5. The van der Waals surface area contributed by atoms with Crippen molar-refractivity contribution >= 4 is 5.69 Å². The first kappa shape index (κ1) is 11.0. The van der Waals surface area contributed by atoms with Gasteiger partial charge in [-0.05, 0) is 17.7 Å². The zero-order valence-corrected chi connectivity index (χ0v) is 9.03. The number of hydrogen-bond acceptors (Lipinski definition) is 4. The van der Waals surface area contributed by atoms with Crippen LogP contribution in [0.15, 0.2) is 41.6 Å². The molecule has 0 spiro atoms. The predicted molar refractivity (Wildman–Crippen MR) is 61.6 cm³/mol. The lowest BCUT2D eigenvalue weighted by atomic mass is 10.1. The van der Waals surface area contributed by atoms with Gasteiger partial charge < -0.3 is 4.57 Å². The molecule has 0 atom stereocenters. The van der Waals surface area contributed by atoms with Crippen LogP contribution >= 0.6 is 0 Å². The maximum Gasteiger partial charge on any atom is 0.334 e. The molecule has 0 aromatic carbocycles. The van der Waals surface area contributed by atoms with Gasteiger partial charge in [0.15, 0.2) is 0 Å². The monoisotopic (exact) mass is 231 g/mol. The molecule has 2 rings (SSSR count). The first-order chi connectivity index (χ1) is 8.09. The molecule has 2 heterocycles. The van der Waals surface area contributed by atoms with Gasteiger partial charge in [0.2, 0.25) is 0 Å². The van der Waals surface area contributed by atoms with Gasteiger partial charge in [0.05, 0.1) is 4.92 Å². The van der Waals surface area contributed by atoms with E-state index in [2.05, 4.69) is 4.98 Å². The van der Waals surface area contributed by atoms with Crippen LogP contribution in [0.1, 0.15) is 0 Å². The molecule has 6 nitrogen and oxygen atoms in total. The van der Waals surface area contributed by atoms with Crippen molar-refractivity contribution in [3.8, 4) is 11.1 Å². The van der Waals surface area contributed by atoms with Crippen molar-refractivity contribution in [3.05, 3.63) is 57.3 Å². The first-order valence-electron chi connectivity index (χ1n) is 4.85. The Bertz CT molecular complexity index is 620. The van der Waals surface area contributed by atoms with Crippen LogP contribution in [0.4, 0.5) is 5.69 Å². The summed E-state index contributed by atoms with van der Waals surface area (Å²) < 4.78 is 1.20. The Balaban J connectivity index is 2.66. The molecule has 0 unspecified atom stereocenters. The highest BCUT2D eigenvalue weighted by molar-refractivity contribution is 5.64. The van der Waals surface area contributed by atoms with E-state index in [0.29, 0.717) is 5.56 Å². The fraction of sp³-hybridized carbons (Fsp3) is 0.0909. The lowest BCUT2D eigenvalue weighted by Gasteiger charge is -2.03. The van der Waals surface area contributed by atoms with Gasteiger partial charge >= 0.3 is 11.2 Å². The van der Waals surface area contributed by atoms with Crippen LogP contribution in [-0.2, 0) is 7.05 Å². The van der Waals surface area contributed by atoms with Gasteiger partial charge in [0, 0.05) is 37.3 Å². The molecule has 86 valence electrons. The largest absolute Gasteiger partial charge is 0.334 e. The summed E-state index contributed by atoms with van der Waals surface area (Å²) in [5, 5.41) is 10.7. The lowest BCUT2D eigenvalue weighted by molar-refractivity contribution is -0.386. The summed E-state index contributed by atoms with van der Waals surface area (Å²) in [6, 6.07) is 4.73. The lowest BCUT2D eigenvalue weighted by Crippen LogP contribution is -2.19.